The minimum Gasteiger partial charge on any atom is -0.459 e. The van der Waals surface area contributed by atoms with Crippen molar-refractivity contribution < 1.29 is 13.7 Å². The molecule has 1 N–H and O–H groups in total. The number of hydrogen-bond donors (Lipinski definition) is 1. The fraction of sp³-hybridized carbons (Fsp3) is 0.0667. The molecule has 11 heteroatoms. The molecule has 0 saturated carbocycles. The summed E-state index contributed by atoms with van der Waals surface area (Å²) < 4.78 is 20.7. The maximum Gasteiger partial charge on any atom is 0.269 e. The highest BCUT2D eigenvalue weighted by Crippen LogP contribution is 2.44. The number of rotatable bonds is 7. The van der Waals surface area contributed by atoms with Crippen molar-refractivity contribution >= 4 is 56.4 Å². The highest BCUT2D eigenvalue weighted by Gasteiger charge is 2.42. The molecule has 1 fully saturated rings. The number of nitrogens with one attached hydrogen (secondary N) is 1. The summed E-state index contributed by atoms with van der Waals surface area (Å²) in [6.07, 6.45) is 1.74. The first-order valence-corrected chi connectivity index (χ1v) is 14.5. The van der Waals surface area contributed by atoms with E-state index in [1.165, 1.54) is 36.0 Å². The van der Waals surface area contributed by atoms with Crippen LogP contribution in [0.5, 0.6) is 0 Å². The van der Waals surface area contributed by atoms with E-state index in [-0.39, 0.29) is 23.6 Å². The number of nitrogens with zero attached hydrogens (tertiary/aromatic N) is 3. The van der Waals surface area contributed by atoms with Crippen LogP contribution < -0.4 is 10.2 Å². The molecule has 2 aromatic heterocycles. The van der Waals surface area contributed by atoms with Gasteiger partial charge in [0.1, 0.15) is 23.4 Å². The average molecular weight is 648 g/mol. The van der Waals surface area contributed by atoms with Crippen LogP contribution in [-0.2, 0) is 0 Å². The summed E-state index contributed by atoms with van der Waals surface area (Å²) in [5.74, 6) is 0.928. The molecule has 0 amide bonds. The van der Waals surface area contributed by atoms with Gasteiger partial charge in [0.05, 0.1) is 16.7 Å². The SMILES string of the molecule is O=[N+]([O-])c1ccc(Sc2ccc(N3C(=S)NC(c4ccccn4)C3c3ccc(-c4ccc(F)cc4Br)o3)cc2)cc1. The van der Waals surface area contributed by atoms with Crippen molar-refractivity contribution in [2.45, 2.75) is 21.9 Å². The van der Waals surface area contributed by atoms with Crippen molar-refractivity contribution in [3.63, 3.8) is 0 Å². The largest absolute Gasteiger partial charge is 0.459 e. The van der Waals surface area contributed by atoms with Crippen LogP contribution >= 0.6 is 39.9 Å². The first kappa shape index (κ1) is 27.1. The molecule has 0 bridgehead atoms. The molecule has 5 aromatic rings. The van der Waals surface area contributed by atoms with Crippen LogP contribution in [0, 0.1) is 15.9 Å². The third kappa shape index (κ3) is 5.61. The third-order valence-corrected chi connectivity index (χ3v) is 8.60. The lowest BCUT2D eigenvalue weighted by atomic mass is 10.0. The van der Waals surface area contributed by atoms with Gasteiger partial charge in [0.25, 0.3) is 5.69 Å². The molecular formula is C30H20BrFN4O3S2. The number of non-ortho nitro benzene ring substituents is 1. The number of pyridine rings is 1. The lowest BCUT2D eigenvalue weighted by Gasteiger charge is -2.26. The third-order valence-electron chi connectivity index (χ3n) is 6.61. The van der Waals surface area contributed by atoms with Gasteiger partial charge in [-0.3, -0.25) is 15.1 Å². The second-order valence-corrected chi connectivity index (χ2v) is 11.6. The van der Waals surface area contributed by atoms with Gasteiger partial charge in [0, 0.05) is 43.8 Å². The Morgan fingerprint density at radius 3 is 2.39 bits per heavy atom. The normalized spacial score (nSPS) is 16.5. The summed E-state index contributed by atoms with van der Waals surface area (Å²) in [7, 11) is 0. The summed E-state index contributed by atoms with van der Waals surface area (Å²) >= 11 is 10.8. The van der Waals surface area contributed by atoms with E-state index in [1.54, 1.807) is 24.4 Å². The van der Waals surface area contributed by atoms with Gasteiger partial charge >= 0.3 is 0 Å². The van der Waals surface area contributed by atoms with Crippen molar-refractivity contribution in [3.8, 4) is 11.3 Å². The first-order chi connectivity index (χ1) is 19.9. The first-order valence-electron chi connectivity index (χ1n) is 12.5. The Morgan fingerprint density at radius 2 is 1.73 bits per heavy atom. The van der Waals surface area contributed by atoms with Crippen LogP contribution in [0.2, 0.25) is 0 Å². The Hall–Kier alpha value is -4.06. The number of benzene rings is 3. The van der Waals surface area contributed by atoms with Gasteiger partial charge in [-0.15, -0.1) is 0 Å². The van der Waals surface area contributed by atoms with Crippen LogP contribution in [0.3, 0.4) is 0 Å². The highest BCUT2D eigenvalue weighted by atomic mass is 79.9. The number of aromatic nitrogens is 1. The van der Waals surface area contributed by atoms with Gasteiger partial charge in [-0.05, 0) is 107 Å². The van der Waals surface area contributed by atoms with Gasteiger partial charge < -0.3 is 14.6 Å². The van der Waals surface area contributed by atoms with Crippen LogP contribution in [0.25, 0.3) is 11.3 Å². The summed E-state index contributed by atoms with van der Waals surface area (Å²) in [6, 6.07) is 27.8. The monoisotopic (exact) mass is 646 g/mol. The van der Waals surface area contributed by atoms with E-state index in [0.29, 0.717) is 21.1 Å². The van der Waals surface area contributed by atoms with Gasteiger partial charge in [-0.1, -0.05) is 17.8 Å². The number of nitro groups is 1. The van der Waals surface area contributed by atoms with E-state index in [2.05, 4.69) is 26.2 Å². The topological polar surface area (TPSA) is 84.4 Å². The lowest BCUT2D eigenvalue weighted by Crippen LogP contribution is -2.29. The summed E-state index contributed by atoms with van der Waals surface area (Å²) in [6.45, 7) is 0. The van der Waals surface area contributed by atoms with Crippen molar-refractivity contribution in [3.05, 3.63) is 135 Å². The molecule has 41 heavy (non-hydrogen) atoms. The smallest absolute Gasteiger partial charge is 0.269 e. The Bertz CT molecular complexity index is 1730. The Labute approximate surface area is 252 Å². The van der Waals surface area contributed by atoms with Crippen LogP contribution in [0.15, 0.2) is 122 Å². The average Bonchev–Trinajstić information content (AvgIpc) is 3.59. The van der Waals surface area contributed by atoms with Gasteiger partial charge in [-0.2, -0.15) is 0 Å². The summed E-state index contributed by atoms with van der Waals surface area (Å²) in [5.41, 5.74) is 2.47. The molecule has 3 aromatic carbocycles. The standard InChI is InChI=1S/C30H20BrFN4O3S2/c31-24-17-18(32)4-13-23(24)26-14-15-27(39-26)29-28(25-3-1-2-16-33-25)34-30(40)35(29)19-5-9-21(10-6-19)41-22-11-7-20(8-12-22)36(37)38/h1-17,28-29H,(H,34,40). The minimum absolute atomic E-state index is 0.0566. The van der Waals surface area contributed by atoms with E-state index in [0.717, 1.165) is 26.7 Å². The second kappa shape index (κ2) is 11.4. The molecule has 6 rings (SSSR count). The maximum atomic E-state index is 13.7. The van der Waals surface area contributed by atoms with Crippen LogP contribution in [-0.4, -0.2) is 15.0 Å². The van der Waals surface area contributed by atoms with Gasteiger partial charge in [-0.25, -0.2) is 4.39 Å². The lowest BCUT2D eigenvalue weighted by molar-refractivity contribution is -0.384. The number of anilines is 1. The van der Waals surface area contributed by atoms with Crippen molar-refractivity contribution in [2.75, 3.05) is 4.90 Å². The predicted molar refractivity (Wildman–Crippen MR) is 163 cm³/mol. The quantitative estimate of drug-likeness (QED) is 0.107. The summed E-state index contributed by atoms with van der Waals surface area (Å²) in [5, 5.41) is 14.9. The van der Waals surface area contributed by atoms with E-state index in [4.69, 9.17) is 16.6 Å². The molecule has 3 heterocycles. The number of nitro benzene ring substituents is 1. The molecule has 1 aliphatic heterocycles. The minimum atomic E-state index is -0.411. The number of thiocarbonyl (C=S) groups is 1. The predicted octanol–water partition coefficient (Wildman–Crippen LogP) is 8.48. The molecule has 7 nitrogen and oxygen atoms in total. The van der Waals surface area contributed by atoms with Crippen LogP contribution in [0.1, 0.15) is 23.5 Å². The Balaban J connectivity index is 1.33. The maximum absolute atomic E-state index is 13.7. The highest BCUT2D eigenvalue weighted by molar-refractivity contribution is 9.10. The van der Waals surface area contributed by atoms with Gasteiger partial charge in [0.2, 0.25) is 0 Å². The van der Waals surface area contributed by atoms with Crippen LogP contribution in [0.4, 0.5) is 15.8 Å². The van der Waals surface area contributed by atoms with Gasteiger partial charge in [0.15, 0.2) is 5.11 Å². The van der Waals surface area contributed by atoms with E-state index in [9.17, 15) is 14.5 Å². The second-order valence-electron chi connectivity index (χ2n) is 9.17. The fourth-order valence-corrected chi connectivity index (χ4v) is 6.42. The fourth-order valence-electron chi connectivity index (χ4n) is 4.71. The number of furan rings is 1. The van der Waals surface area contributed by atoms with E-state index in [1.807, 2.05) is 59.5 Å². The van der Waals surface area contributed by atoms with Crippen molar-refractivity contribution in [1.29, 1.82) is 0 Å². The molecule has 0 radical (unpaired) electrons. The molecule has 2 atom stereocenters. The number of hydrogen-bond acceptors (Lipinski definition) is 6. The molecule has 0 spiro atoms. The Morgan fingerprint density at radius 1 is 1.00 bits per heavy atom. The molecule has 204 valence electrons. The molecule has 0 aliphatic carbocycles. The zero-order valence-corrected chi connectivity index (χ0v) is 24.3. The van der Waals surface area contributed by atoms with Crippen molar-refractivity contribution in [2.24, 2.45) is 0 Å². The molecule has 1 aliphatic rings. The molecular weight excluding hydrogens is 627 g/mol. The Kier molecular flexibility index (Phi) is 7.57. The molecule has 2 unspecified atom stereocenters. The summed E-state index contributed by atoms with van der Waals surface area (Å²) in [4.78, 5) is 19.0. The van der Waals surface area contributed by atoms with E-state index >= 15 is 0 Å². The van der Waals surface area contributed by atoms with Crippen molar-refractivity contribution in [1.82, 2.24) is 10.3 Å². The van der Waals surface area contributed by atoms with E-state index < -0.39 is 4.92 Å². The number of halogens is 2. The zero-order chi connectivity index (χ0) is 28.5. The molecule has 1 saturated heterocycles. The zero-order valence-electron chi connectivity index (χ0n) is 21.1.